The topological polar surface area (TPSA) is 15.3 Å². The molecule has 1 N–H and O–H groups in total. The Morgan fingerprint density at radius 2 is 2.12 bits per heavy atom. The van der Waals surface area contributed by atoms with Crippen LogP contribution in [0, 0.1) is 0 Å². The molecule has 1 aromatic rings. The van der Waals surface area contributed by atoms with Crippen molar-refractivity contribution in [2.24, 2.45) is 0 Å². The standard InChI is InChI=1S/C14H21ClN2/c1-3-14(11-4-6-12(15)7-5-11)16-13-8-9-17(2)10-13/h4-7,13-14,16H,3,8-10H2,1-2H3. The zero-order valence-electron chi connectivity index (χ0n) is 10.6. The summed E-state index contributed by atoms with van der Waals surface area (Å²) >= 11 is 5.92. The first-order valence-corrected chi connectivity index (χ1v) is 6.77. The number of likely N-dealkylation sites (tertiary alicyclic amines) is 1. The van der Waals surface area contributed by atoms with E-state index in [0.29, 0.717) is 12.1 Å². The lowest BCUT2D eigenvalue weighted by Gasteiger charge is -2.22. The predicted molar refractivity (Wildman–Crippen MR) is 73.5 cm³/mol. The number of hydrogen-bond acceptors (Lipinski definition) is 2. The van der Waals surface area contributed by atoms with Gasteiger partial charge in [0.25, 0.3) is 0 Å². The Hall–Kier alpha value is -0.570. The molecule has 1 saturated heterocycles. The van der Waals surface area contributed by atoms with Gasteiger partial charge in [0.2, 0.25) is 0 Å². The second-order valence-corrected chi connectivity index (χ2v) is 5.36. The molecule has 1 aliphatic rings. The van der Waals surface area contributed by atoms with Crippen molar-refractivity contribution in [1.29, 1.82) is 0 Å². The molecule has 0 aromatic heterocycles. The number of hydrogen-bond donors (Lipinski definition) is 1. The molecule has 1 aliphatic heterocycles. The summed E-state index contributed by atoms with van der Waals surface area (Å²) in [7, 11) is 2.19. The predicted octanol–water partition coefficient (Wildman–Crippen LogP) is 3.08. The zero-order chi connectivity index (χ0) is 12.3. The van der Waals surface area contributed by atoms with Gasteiger partial charge in [-0.2, -0.15) is 0 Å². The highest BCUT2D eigenvalue weighted by Gasteiger charge is 2.22. The van der Waals surface area contributed by atoms with Crippen LogP contribution in [0.1, 0.15) is 31.4 Å². The van der Waals surface area contributed by atoms with E-state index < -0.39 is 0 Å². The lowest BCUT2D eigenvalue weighted by Crippen LogP contribution is -2.34. The molecule has 1 aromatic carbocycles. The molecule has 2 nitrogen and oxygen atoms in total. The fraction of sp³-hybridized carbons (Fsp3) is 0.571. The largest absolute Gasteiger partial charge is 0.306 e. The van der Waals surface area contributed by atoms with Gasteiger partial charge in [-0.3, -0.25) is 0 Å². The van der Waals surface area contributed by atoms with E-state index >= 15 is 0 Å². The normalized spacial score (nSPS) is 22.9. The highest BCUT2D eigenvalue weighted by Crippen LogP contribution is 2.21. The zero-order valence-corrected chi connectivity index (χ0v) is 11.4. The average Bonchev–Trinajstić information content (AvgIpc) is 2.73. The maximum atomic E-state index is 5.92. The van der Waals surface area contributed by atoms with Gasteiger partial charge in [-0.25, -0.2) is 0 Å². The molecule has 94 valence electrons. The number of benzene rings is 1. The number of nitrogens with zero attached hydrogens (tertiary/aromatic N) is 1. The highest BCUT2D eigenvalue weighted by atomic mass is 35.5. The van der Waals surface area contributed by atoms with Crippen LogP contribution >= 0.6 is 11.6 Å². The molecule has 2 rings (SSSR count). The molecule has 0 radical (unpaired) electrons. The first-order valence-electron chi connectivity index (χ1n) is 6.39. The van der Waals surface area contributed by atoms with E-state index in [4.69, 9.17) is 11.6 Å². The Bertz CT molecular complexity index is 350. The molecular weight excluding hydrogens is 232 g/mol. The first kappa shape index (κ1) is 12.9. The number of halogens is 1. The third kappa shape index (κ3) is 3.44. The third-order valence-electron chi connectivity index (χ3n) is 3.51. The minimum Gasteiger partial charge on any atom is -0.306 e. The van der Waals surface area contributed by atoms with Crippen LogP contribution in [0.25, 0.3) is 0 Å². The van der Waals surface area contributed by atoms with Crippen LogP contribution in [0.15, 0.2) is 24.3 Å². The van der Waals surface area contributed by atoms with Crippen molar-refractivity contribution >= 4 is 11.6 Å². The molecule has 3 heteroatoms. The summed E-state index contributed by atoms with van der Waals surface area (Å²) in [4.78, 5) is 2.38. The van der Waals surface area contributed by atoms with Gasteiger partial charge in [-0.05, 0) is 44.1 Å². The Morgan fingerprint density at radius 1 is 1.41 bits per heavy atom. The van der Waals surface area contributed by atoms with Crippen LogP contribution < -0.4 is 5.32 Å². The molecule has 2 atom stereocenters. The van der Waals surface area contributed by atoms with Gasteiger partial charge in [-0.15, -0.1) is 0 Å². The molecule has 0 aliphatic carbocycles. The summed E-state index contributed by atoms with van der Waals surface area (Å²) in [5.74, 6) is 0. The van der Waals surface area contributed by atoms with Crippen LogP contribution in [0.5, 0.6) is 0 Å². The second kappa shape index (κ2) is 5.85. The summed E-state index contributed by atoms with van der Waals surface area (Å²) in [5, 5.41) is 4.56. The van der Waals surface area contributed by atoms with Crippen LogP contribution in [-0.2, 0) is 0 Å². The molecule has 0 spiro atoms. The van der Waals surface area contributed by atoms with Crippen molar-refractivity contribution in [3.8, 4) is 0 Å². The van der Waals surface area contributed by atoms with Crippen molar-refractivity contribution in [1.82, 2.24) is 10.2 Å². The molecule has 0 amide bonds. The second-order valence-electron chi connectivity index (χ2n) is 4.93. The third-order valence-corrected chi connectivity index (χ3v) is 3.76. The minimum absolute atomic E-state index is 0.448. The van der Waals surface area contributed by atoms with Crippen LogP contribution in [-0.4, -0.2) is 31.1 Å². The smallest absolute Gasteiger partial charge is 0.0406 e. The summed E-state index contributed by atoms with van der Waals surface area (Å²) < 4.78 is 0. The molecule has 17 heavy (non-hydrogen) atoms. The molecular formula is C14H21ClN2. The summed E-state index contributed by atoms with van der Waals surface area (Å²) in [6, 6.07) is 9.28. The van der Waals surface area contributed by atoms with Gasteiger partial charge < -0.3 is 10.2 Å². The lowest BCUT2D eigenvalue weighted by molar-refractivity contribution is 0.379. The van der Waals surface area contributed by atoms with Gasteiger partial charge in [0, 0.05) is 23.7 Å². The van der Waals surface area contributed by atoms with Gasteiger partial charge in [0.1, 0.15) is 0 Å². The Labute approximate surface area is 109 Å². The van der Waals surface area contributed by atoms with Gasteiger partial charge in [-0.1, -0.05) is 30.7 Å². The number of nitrogens with one attached hydrogen (secondary N) is 1. The number of likely N-dealkylation sites (N-methyl/N-ethyl adjacent to an activating group) is 1. The minimum atomic E-state index is 0.448. The SMILES string of the molecule is CCC(NC1CCN(C)C1)c1ccc(Cl)cc1. The molecule has 0 saturated carbocycles. The fourth-order valence-electron chi connectivity index (χ4n) is 2.50. The summed E-state index contributed by atoms with van der Waals surface area (Å²) in [6.07, 6.45) is 2.36. The van der Waals surface area contributed by atoms with Crippen LogP contribution in [0.2, 0.25) is 5.02 Å². The van der Waals surface area contributed by atoms with Gasteiger partial charge in [0.05, 0.1) is 0 Å². The van der Waals surface area contributed by atoms with Crippen LogP contribution in [0.3, 0.4) is 0 Å². The Morgan fingerprint density at radius 3 is 2.65 bits per heavy atom. The van der Waals surface area contributed by atoms with Crippen LogP contribution in [0.4, 0.5) is 0 Å². The van der Waals surface area contributed by atoms with Crippen molar-refractivity contribution in [3.63, 3.8) is 0 Å². The van der Waals surface area contributed by atoms with Gasteiger partial charge in [0.15, 0.2) is 0 Å². The van der Waals surface area contributed by atoms with E-state index in [0.717, 1.165) is 18.0 Å². The van der Waals surface area contributed by atoms with Crippen molar-refractivity contribution < 1.29 is 0 Å². The molecule has 2 unspecified atom stereocenters. The van der Waals surface area contributed by atoms with Crippen molar-refractivity contribution in [3.05, 3.63) is 34.9 Å². The van der Waals surface area contributed by atoms with E-state index in [1.165, 1.54) is 18.5 Å². The van der Waals surface area contributed by atoms with E-state index in [2.05, 4.69) is 36.3 Å². The molecule has 1 fully saturated rings. The van der Waals surface area contributed by atoms with Crippen molar-refractivity contribution in [2.45, 2.75) is 31.8 Å². The molecule has 0 bridgehead atoms. The first-order chi connectivity index (χ1) is 8.19. The van der Waals surface area contributed by atoms with E-state index in [1.54, 1.807) is 0 Å². The molecule has 1 heterocycles. The van der Waals surface area contributed by atoms with Gasteiger partial charge >= 0.3 is 0 Å². The van der Waals surface area contributed by atoms with Crippen molar-refractivity contribution in [2.75, 3.05) is 20.1 Å². The average molecular weight is 253 g/mol. The van der Waals surface area contributed by atoms with E-state index in [-0.39, 0.29) is 0 Å². The maximum absolute atomic E-state index is 5.92. The quantitative estimate of drug-likeness (QED) is 0.886. The maximum Gasteiger partial charge on any atom is 0.0406 e. The summed E-state index contributed by atoms with van der Waals surface area (Å²) in [6.45, 7) is 4.59. The van der Waals surface area contributed by atoms with E-state index in [9.17, 15) is 0 Å². The lowest BCUT2D eigenvalue weighted by atomic mass is 10.0. The monoisotopic (exact) mass is 252 g/mol. The Kier molecular flexibility index (Phi) is 4.43. The summed E-state index contributed by atoms with van der Waals surface area (Å²) in [5.41, 5.74) is 1.34. The Balaban J connectivity index is 1.98. The fourth-order valence-corrected chi connectivity index (χ4v) is 2.63. The highest BCUT2D eigenvalue weighted by molar-refractivity contribution is 6.30. The number of rotatable bonds is 4. The van der Waals surface area contributed by atoms with E-state index in [1.807, 2.05) is 12.1 Å².